The van der Waals surface area contributed by atoms with Crippen LogP contribution in [-0.4, -0.2) is 36.7 Å². The Morgan fingerprint density at radius 2 is 1.71 bits per heavy atom. The van der Waals surface area contributed by atoms with Gasteiger partial charge in [-0.1, -0.05) is 12.1 Å². The molecule has 0 spiro atoms. The molecule has 0 aliphatic rings. The number of carboxylic acids is 1. The molecule has 0 bridgehead atoms. The van der Waals surface area contributed by atoms with E-state index >= 15 is 0 Å². The molecule has 126 valence electrons. The third kappa shape index (κ3) is 4.74. The highest BCUT2D eigenvalue weighted by Crippen LogP contribution is 2.19. The van der Waals surface area contributed by atoms with Crippen molar-refractivity contribution in [3.63, 3.8) is 0 Å². The normalized spacial score (nSPS) is 11.4. The number of ether oxygens (including phenoxy) is 3. The number of carboxylic acid groups (broad SMARTS) is 1. The maximum Gasteiger partial charge on any atom is 0.344 e. The second kappa shape index (κ2) is 8.01. The van der Waals surface area contributed by atoms with Crippen LogP contribution < -0.4 is 14.2 Å². The Balaban J connectivity index is 1.92. The zero-order valence-corrected chi connectivity index (χ0v) is 13.4. The Kier molecular flexibility index (Phi) is 5.78. The smallest absolute Gasteiger partial charge is 0.344 e. The van der Waals surface area contributed by atoms with Crippen LogP contribution in [0.3, 0.4) is 0 Å². The Hall–Kier alpha value is -3.02. The summed E-state index contributed by atoms with van der Waals surface area (Å²) in [6.45, 7) is 1.33. The van der Waals surface area contributed by atoms with Gasteiger partial charge >= 0.3 is 5.97 Å². The van der Waals surface area contributed by atoms with Gasteiger partial charge in [0, 0.05) is 5.56 Å². The molecule has 1 unspecified atom stereocenters. The van der Waals surface area contributed by atoms with Crippen LogP contribution in [0.1, 0.15) is 17.3 Å². The number of methoxy groups -OCH3 is 1. The number of ketones is 1. The molecule has 0 saturated carbocycles. The molecule has 0 amide bonds. The second-order valence-corrected chi connectivity index (χ2v) is 5.01. The average Bonchev–Trinajstić information content (AvgIpc) is 2.60. The summed E-state index contributed by atoms with van der Waals surface area (Å²) in [5.74, 6) is 0.292. The quantitative estimate of drug-likeness (QED) is 0.750. The van der Waals surface area contributed by atoms with Gasteiger partial charge < -0.3 is 19.3 Å². The maximum absolute atomic E-state index is 12.1. The summed E-state index contributed by atoms with van der Waals surface area (Å²) in [4.78, 5) is 22.8. The molecule has 2 aromatic carbocycles. The molecule has 6 nitrogen and oxygen atoms in total. The van der Waals surface area contributed by atoms with E-state index in [9.17, 15) is 9.59 Å². The fourth-order valence-electron chi connectivity index (χ4n) is 1.90. The first-order valence-corrected chi connectivity index (χ1v) is 7.29. The van der Waals surface area contributed by atoms with Gasteiger partial charge in [0.05, 0.1) is 7.11 Å². The number of hydrogen-bond donors (Lipinski definition) is 1. The van der Waals surface area contributed by atoms with E-state index in [1.54, 1.807) is 48.5 Å². The van der Waals surface area contributed by atoms with Gasteiger partial charge in [0.25, 0.3) is 0 Å². The third-order valence-electron chi connectivity index (χ3n) is 3.25. The summed E-state index contributed by atoms with van der Waals surface area (Å²) < 4.78 is 15.7. The number of benzene rings is 2. The van der Waals surface area contributed by atoms with E-state index in [4.69, 9.17) is 19.3 Å². The zero-order valence-electron chi connectivity index (χ0n) is 13.4. The van der Waals surface area contributed by atoms with Crippen molar-refractivity contribution < 1.29 is 28.9 Å². The van der Waals surface area contributed by atoms with Gasteiger partial charge in [-0.05, 0) is 43.3 Å². The molecule has 2 rings (SSSR count). The van der Waals surface area contributed by atoms with Crippen molar-refractivity contribution in [2.24, 2.45) is 0 Å². The van der Waals surface area contributed by atoms with Crippen molar-refractivity contribution in [3.8, 4) is 17.2 Å². The minimum absolute atomic E-state index is 0.112. The Morgan fingerprint density at radius 3 is 2.33 bits per heavy atom. The lowest BCUT2D eigenvalue weighted by Gasteiger charge is -2.11. The van der Waals surface area contributed by atoms with Crippen LogP contribution in [0.25, 0.3) is 0 Å². The van der Waals surface area contributed by atoms with Gasteiger partial charge in [0.15, 0.2) is 18.5 Å². The fourth-order valence-corrected chi connectivity index (χ4v) is 1.90. The van der Waals surface area contributed by atoms with E-state index in [0.29, 0.717) is 22.8 Å². The summed E-state index contributed by atoms with van der Waals surface area (Å²) in [7, 11) is 1.54. The summed E-state index contributed by atoms with van der Waals surface area (Å²) in [5, 5.41) is 8.79. The maximum atomic E-state index is 12.1. The fraction of sp³-hybridized carbons (Fsp3) is 0.222. The van der Waals surface area contributed by atoms with Crippen LogP contribution in [-0.2, 0) is 4.79 Å². The molecule has 0 radical (unpaired) electrons. The second-order valence-electron chi connectivity index (χ2n) is 5.01. The molecule has 6 heteroatoms. The van der Waals surface area contributed by atoms with Gasteiger partial charge in [-0.3, -0.25) is 4.79 Å². The molecular formula is C18H18O6. The predicted octanol–water partition coefficient (Wildman–Crippen LogP) is 2.81. The van der Waals surface area contributed by atoms with E-state index < -0.39 is 12.1 Å². The van der Waals surface area contributed by atoms with Gasteiger partial charge in [-0.2, -0.15) is 0 Å². The lowest BCUT2D eigenvalue weighted by Crippen LogP contribution is -2.22. The molecule has 0 heterocycles. The van der Waals surface area contributed by atoms with E-state index in [2.05, 4.69) is 0 Å². The summed E-state index contributed by atoms with van der Waals surface area (Å²) in [5.41, 5.74) is 0.504. The van der Waals surface area contributed by atoms with Crippen LogP contribution in [0.2, 0.25) is 0 Å². The number of aliphatic carboxylic acids is 1. The van der Waals surface area contributed by atoms with Crippen molar-refractivity contribution >= 4 is 11.8 Å². The van der Waals surface area contributed by atoms with Crippen LogP contribution in [0.4, 0.5) is 0 Å². The Morgan fingerprint density at radius 1 is 1.04 bits per heavy atom. The molecule has 0 fully saturated rings. The third-order valence-corrected chi connectivity index (χ3v) is 3.25. The van der Waals surface area contributed by atoms with Crippen molar-refractivity contribution in [2.75, 3.05) is 13.7 Å². The topological polar surface area (TPSA) is 82.1 Å². The van der Waals surface area contributed by atoms with E-state index in [1.165, 1.54) is 14.0 Å². The predicted molar refractivity (Wildman–Crippen MR) is 87.0 cm³/mol. The minimum atomic E-state index is -1.04. The molecule has 24 heavy (non-hydrogen) atoms. The van der Waals surface area contributed by atoms with Gasteiger partial charge in [0.1, 0.15) is 17.2 Å². The van der Waals surface area contributed by atoms with Crippen molar-refractivity contribution in [3.05, 3.63) is 54.1 Å². The van der Waals surface area contributed by atoms with Crippen molar-refractivity contribution in [2.45, 2.75) is 13.0 Å². The van der Waals surface area contributed by atoms with Gasteiger partial charge in [0.2, 0.25) is 0 Å². The van der Waals surface area contributed by atoms with E-state index in [1.807, 2.05) is 0 Å². The number of carbonyl (C=O) groups is 2. The molecule has 0 saturated heterocycles. The molecule has 1 N–H and O–H groups in total. The summed E-state index contributed by atoms with van der Waals surface area (Å²) in [6, 6.07) is 13.2. The molecule has 0 aliphatic heterocycles. The summed E-state index contributed by atoms with van der Waals surface area (Å²) in [6.07, 6.45) is -0.939. The van der Waals surface area contributed by atoms with Crippen LogP contribution in [0.5, 0.6) is 17.2 Å². The largest absolute Gasteiger partial charge is 0.497 e. The molecule has 1 atom stereocenters. The number of hydrogen-bond acceptors (Lipinski definition) is 5. The highest BCUT2D eigenvalue weighted by Gasteiger charge is 2.12. The average molecular weight is 330 g/mol. The molecular weight excluding hydrogens is 312 g/mol. The highest BCUT2D eigenvalue weighted by molar-refractivity contribution is 5.97. The number of carbonyl (C=O) groups excluding carboxylic acids is 1. The van der Waals surface area contributed by atoms with E-state index in [0.717, 1.165) is 0 Å². The summed E-state index contributed by atoms with van der Waals surface area (Å²) >= 11 is 0. The highest BCUT2D eigenvalue weighted by atomic mass is 16.5. The number of rotatable bonds is 8. The van der Waals surface area contributed by atoms with E-state index in [-0.39, 0.29) is 12.4 Å². The molecule has 0 aliphatic carbocycles. The number of Topliss-reactive ketones (excluding diaryl/α,β-unsaturated/α-hetero) is 1. The SMILES string of the molecule is COc1cccc(C(=O)COc2ccc(OC(C)C(=O)O)cc2)c1. The zero-order chi connectivity index (χ0) is 17.5. The van der Waals surface area contributed by atoms with Gasteiger partial charge in [-0.15, -0.1) is 0 Å². The van der Waals surface area contributed by atoms with Crippen LogP contribution in [0, 0.1) is 0 Å². The first-order valence-electron chi connectivity index (χ1n) is 7.29. The van der Waals surface area contributed by atoms with Crippen molar-refractivity contribution in [1.29, 1.82) is 0 Å². The minimum Gasteiger partial charge on any atom is -0.497 e. The monoisotopic (exact) mass is 330 g/mol. The standard InChI is InChI=1S/C18H18O6/c1-12(18(20)21)24-15-8-6-14(7-9-15)23-11-17(19)13-4-3-5-16(10-13)22-2/h3-10,12H,11H2,1-2H3,(H,20,21). The van der Waals surface area contributed by atoms with Crippen molar-refractivity contribution in [1.82, 2.24) is 0 Å². The first kappa shape index (κ1) is 17.3. The van der Waals surface area contributed by atoms with Crippen LogP contribution in [0.15, 0.2) is 48.5 Å². The Bertz CT molecular complexity index is 708. The first-order chi connectivity index (χ1) is 11.5. The Labute approximate surface area is 139 Å². The molecule has 0 aromatic heterocycles. The lowest BCUT2D eigenvalue weighted by atomic mass is 10.1. The molecule has 2 aromatic rings. The van der Waals surface area contributed by atoms with Crippen LogP contribution >= 0.6 is 0 Å². The van der Waals surface area contributed by atoms with Gasteiger partial charge in [-0.25, -0.2) is 4.79 Å². The lowest BCUT2D eigenvalue weighted by molar-refractivity contribution is -0.144.